The summed E-state index contributed by atoms with van der Waals surface area (Å²) in [4.78, 5) is 28.9. The van der Waals surface area contributed by atoms with Gasteiger partial charge in [0.25, 0.3) is 0 Å². The van der Waals surface area contributed by atoms with Crippen molar-refractivity contribution in [2.45, 2.75) is 26.2 Å². The fourth-order valence-electron chi connectivity index (χ4n) is 3.60. The van der Waals surface area contributed by atoms with Crippen LogP contribution in [0, 0.1) is 0 Å². The van der Waals surface area contributed by atoms with Gasteiger partial charge >= 0.3 is 5.97 Å². The Bertz CT molecular complexity index is 1170. The summed E-state index contributed by atoms with van der Waals surface area (Å²) in [7, 11) is 0. The average molecular weight is 444 g/mol. The second-order valence-corrected chi connectivity index (χ2v) is 8.26. The van der Waals surface area contributed by atoms with E-state index in [0.29, 0.717) is 4.88 Å². The van der Waals surface area contributed by atoms with Gasteiger partial charge in [0.2, 0.25) is 0 Å². The molecule has 0 spiro atoms. The number of rotatable bonds is 8. The number of carboxylic acid groups (broad SMARTS) is 1. The van der Waals surface area contributed by atoms with Gasteiger partial charge in [0, 0.05) is 24.7 Å². The molecule has 162 valence electrons. The Kier molecular flexibility index (Phi) is 7.68. The van der Waals surface area contributed by atoms with Crippen LogP contribution in [-0.2, 0) is 4.79 Å². The minimum absolute atomic E-state index is 0. The van der Waals surface area contributed by atoms with Gasteiger partial charge in [-0.3, -0.25) is 14.6 Å². The van der Waals surface area contributed by atoms with Crippen molar-refractivity contribution < 1.29 is 14.7 Å². The van der Waals surface area contributed by atoms with Gasteiger partial charge < -0.3 is 5.11 Å². The van der Waals surface area contributed by atoms with E-state index in [1.165, 1.54) is 11.3 Å². The molecule has 0 saturated carbocycles. The Labute approximate surface area is 192 Å². The third-order valence-corrected chi connectivity index (χ3v) is 6.20. The van der Waals surface area contributed by atoms with E-state index < -0.39 is 5.97 Å². The third kappa shape index (κ3) is 5.56. The zero-order valence-electron chi connectivity index (χ0n) is 16.8. The normalized spacial score (nSPS) is 11.4. The van der Waals surface area contributed by atoms with Crippen molar-refractivity contribution in [3.8, 4) is 22.3 Å². The Morgan fingerprint density at radius 3 is 2.03 bits per heavy atom. The Hall–Kier alpha value is -3.57. The van der Waals surface area contributed by atoms with Gasteiger partial charge in [0.15, 0.2) is 5.78 Å². The summed E-state index contributed by atoms with van der Waals surface area (Å²) in [6.07, 6.45) is 3.65. The first kappa shape index (κ1) is 23.1. The zero-order valence-corrected chi connectivity index (χ0v) is 17.6. The number of hydrogen-bond acceptors (Lipinski definition) is 4. The summed E-state index contributed by atoms with van der Waals surface area (Å²) in [5, 5.41) is 11.2. The number of thiophene rings is 1. The first-order valence-corrected chi connectivity index (χ1v) is 10.9. The van der Waals surface area contributed by atoms with Gasteiger partial charge in [-0.15, -0.1) is 11.3 Å². The van der Waals surface area contributed by atoms with Crippen LogP contribution in [0.15, 0.2) is 90.6 Å². The summed E-state index contributed by atoms with van der Waals surface area (Å²) >= 11 is 1.40. The predicted molar refractivity (Wildman–Crippen MR) is 130 cm³/mol. The molecule has 0 saturated heterocycles. The van der Waals surface area contributed by atoms with Crippen LogP contribution in [-0.4, -0.2) is 21.8 Å². The van der Waals surface area contributed by atoms with Crippen LogP contribution < -0.4 is 0 Å². The lowest BCUT2D eigenvalue weighted by molar-refractivity contribution is -0.137. The molecule has 0 radical (unpaired) electrons. The first-order chi connectivity index (χ1) is 15.1. The van der Waals surface area contributed by atoms with Crippen molar-refractivity contribution in [3.05, 3.63) is 101 Å². The molecule has 0 fully saturated rings. The number of ketones is 1. The molecule has 4 rings (SSSR count). The van der Waals surface area contributed by atoms with E-state index in [1.54, 1.807) is 12.4 Å². The zero-order chi connectivity index (χ0) is 21.6. The van der Waals surface area contributed by atoms with Gasteiger partial charge in [-0.2, -0.15) is 0 Å². The number of aromatic nitrogens is 1. The highest BCUT2D eigenvalue weighted by molar-refractivity contribution is 7.12. The lowest BCUT2D eigenvalue weighted by Gasteiger charge is -2.14. The maximum Gasteiger partial charge on any atom is 0.303 e. The molecule has 4 nitrogen and oxygen atoms in total. The van der Waals surface area contributed by atoms with Gasteiger partial charge in [-0.05, 0) is 51.4 Å². The maximum atomic E-state index is 12.9. The number of Topliss-reactive ketones (excluding diaryl/α,β-unsaturated/α-hetero) is 1. The minimum atomic E-state index is -0.900. The molecule has 0 aliphatic heterocycles. The topological polar surface area (TPSA) is 67.3 Å². The SMILES string of the molecule is C.O=C(O)C[C@@H](CC(=O)c1cc(-c2ccc(-c3ccncc3)cc2)cs1)c1ccccc1. The molecule has 1 atom stereocenters. The highest BCUT2D eigenvalue weighted by Crippen LogP contribution is 2.31. The predicted octanol–water partition coefficient (Wildman–Crippen LogP) is 6.94. The standard InChI is InChI=1S/C26H21NO3S.CH4/c28-24(14-22(16-26(29)30)18-4-2-1-3-5-18)25-15-23(17-31-25)20-8-6-19(7-9-20)21-10-12-27-13-11-21;/h1-13,15,17,22H,14,16H2,(H,29,30);1H4/t22-;/m1./s1. The number of carbonyl (C=O) groups excluding carboxylic acids is 1. The first-order valence-electron chi connectivity index (χ1n) is 9.99. The van der Waals surface area contributed by atoms with Crippen LogP contribution in [0.5, 0.6) is 0 Å². The molecule has 2 aromatic heterocycles. The molecule has 2 aromatic carbocycles. The van der Waals surface area contributed by atoms with Crippen LogP contribution in [0.1, 0.15) is 41.4 Å². The number of carbonyl (C=O) groups is 2. The smallest absolute Gasteiger partial charge is 0.303 e. The average Bonchev–Trinajstić information content (AvgIpc) is 3.30. The Morgan fingerprint density at radius 1 is 0.812 bits per heavy atom. The maximum absolute atomic E-state index is 12.9. The van der Waals surface area contributed by atoms with E-state index >= 15 is 0 Å². The van der Waals surface area contributed by atoms with Crippen molar-refractivity contribution in [2.24, 2.45) is 0 Å². The van der Waals surface area contributed by atoms with Gasteiger partial charge in [0.05, 0.1) is 11.3 Å². The molecule has 0 aliphatic carbocycles. The monoisotopic (exact) mass is 443 g/mol. The van der Waals surface area contributed by atoms with Crippen molar-refractivity contribution in [1.29, 1.82) is 0 Å². The van der Waals surface area contributed by atoms with Crippen LogP contribution in [0.25, 0.3) is 22.3 Å². The molecule has 0 amide bonds. The molecule has 0 aliphatic rings. The molecule has 0 bridgehead atoms. The highest BCUT2D eigenvalue weighted by Gasteiger charge is 2.21. The van der Waals surface area contributed by atoms with Crippen LogP contribution in [0.4, 0.5) is 0 Å². The molecule has 1 N–H and O–H groups in total. The van der Waals surface area contributed by atoms with Gasteiger partial charge in [-0.1, -0.05) is 62.0 Å². The van der Waals surface area contributed by atoms with Crippen molar-refractivity contribution >= 4 is 23.1 Å². The highest BCUT2D eigenvalue weighted by atomic mass is 32.1. The number of aliphatic carboxylic acids is 1. The van der Waals surface area contributed by atoms with Gasteiger partial charge in [-0.25, -0.2) is 0 Å². The van der Waals surface area contributed by atoms with Crippen LogP contribution >= 0.6 is 11.3 Å². The molecule has 2 heterocycles. The summed E-state index contributed by atoms with van der Waals surface area (Å²) < 4.78 is 0. The Balaban J connectivity index is 0.00000289. The number of benzene rings is 2. The molecule has 5 heteroatoms. The Morgan fingerprint density at radius 2 is 1.41 bits per heavy atom. The second kappa shape index (κ2) is 10.6. The number of pyridine rings is 1. The largest absolute Gasteiger partial charge is 0.481 e. The molecular formula is C27H25NO3S. The van der Waals surface area contributed by atoms with E-state index in [9.17, 15) is 14.7 Å². The lowest BCUT2D eigenvalue weighted by atomic mass is 9.90. The number of hydrogen-bond donors (Lipinski definition) is 1. The van der Waals surface area contributed by atoms with E-state index in [2.05, 4.69) is 17.1 Å². The third-order valence-electron chi connectivity index (χ3n) is 5.23. The summed E-state index contributed by atoms with van der Waals surface area (Å²) in [6, 6.07) is 23.4. The van der Waals surface area contributed by atoms with E-state index in [0.717, 1.165) is 27.8 Å². The van der Waals surface area contributed by atoms with Crippen molar-refractivity contribution in [2.75, 3.05) is 0 Å². The quantitative estimate of drug-likeness (QED) is 0.299. The van der Waals surface area contributed by atoms with E-state index in [1.807, 2.05) is 66.0 Å². The summed E-state index contributed by atoms with van der Waals surface area (Å²) in [6.45, 7) is 0. The van der Waals surface area contributed by atoms with E-state index in [-0.39, 0.29) is 32.0 Å². The van der Waals surface area contributed by atoms with Crippen molar-refractivity contribution in [3.63, 3.8) is 0 Å². The van der Waals surface area contributed by atoms with E-state index in [4.69, 9.17) is 0 Å². The lowest BCUT2D eigenvalue weighted by Crippen LogP contribution is -2.11. The minimum Gasteiger partial charge on any atom is -0.481 e. The fourth-order valence-corrected chi connectivity index (χ4v) is 4.47. The molecule has 32 heavy (non-hydrogen) atoms. The number of carboxylic acids is 1. The van der Waals surface area contributed by atoms with Crippen molar-refractivity contribution in [1.82, 2.24) is 4.98 Å². The van der Waals surface area contributed by atoms with Crippen LogP contribution in [0.2, 0.25) is 0 Å². The number of nitrogens with zero attached hydrogens (tertiary/aromatic N) is 1. The van der Waals surface area contributed by atoms with Crippen LogP contribution in [0.3, 0.4) is 0 Å². The second-order valence-electron chi connectivity index (χ2n) is 7.35. The summed E-state index contributed by atoms with van der Waals surface area (Å²) in [5.41, 5.74) is 5.12. The summed E-state index contributed by atoms with van der Waals surface area (Å²) in [5.74, 6) is -1.26. The molecule has 0 unspecified atom stereocenters. The fraction of sp³-hybridized carbons (Fsp3) is 0.148. The molecular weight excluding hydrogens is 418 g/mol. The van der Waals surface area contributed by atoms with Gasteiger partial charge in [0.1, 0.15) is 0 Å². The molecule has 4 aromatic rings.